The quantitative estimate of drug-likeness (QED) is 0.148. The van der Waals surface area contributed by atoms with Crippen LogP contribution in [0.15, 0.2) is 41.4 Å². The Morgan fingerprint density at radius 2 is 1.22 bits per heavy atom. The Hall–Kier alpha value is -4.43. The normalized spacial score (nSPS) is 16.4. The highest BCUT2D eigenvalue weighted by molar-refractivity contribution is 5.89. The Balaban J connectivity index is 0.000000312. The summed E-state index contributed by atoms with van der Waals surface area (Å²) in [5.41, 5.74) is 5.03. The maximum Gasteiger partial charge on any atom is 0.416 e. The van der Waals surface area contributed by atoms with Gasteiger partial charge in [0.05, 0.1) is 16.8 Å². The predicted octanol–water partition coefficient (Wildman–Crippen LogP) is 8.14. The molecule has 300 valence electrons. The summed E-state index contributed by atoms with van der Waals surface area (Å²) < 4.78 is 75.4. The van der Waals surface area contributed by atoms with Crippen molar-refractivity contribution in [1.82, 2.24) is 15.1 Å². The zero-order valence-corrected chi connectivity index (χ0v) is 31.7. The molecule has 4 N–H and O–H groups in total. The van der Waals surface area contributed by atoms with Gasteiger partial charge in [0.25, 0.3) is 0 Å². The molecule has 0 radical (unpaired) electrons. The number of isocyanates is 1. The molecule has 54 heavy (non-hydrogen) atoms. The minimum Gasteiger partial charge on any atom is -0.342 e. The number of benzene rings is 2. The molecule has 4 amide bonds. The standard InChI is InChI=1S/C19H26F3N3O2.C10H20N2O.C9H6F3NO/c1-4-13(3)17(26)25-7-5-15(6-8-25)23-18(27)24-16-10-12(2)9-14(11-16)19(20,21)22;1-3-8(2)10(13)12-6-4-9(11)5-7-12;1-6-2-7(9(10,11)12)4-8(3-6)13-5-14/h9-11,13,15H,4-8H2,1-3H3,(H2,23,24,27);8-9H,3-7,11H2,1-2H3;2-4H,1H3. The monoisotopic (exact) mass is 770 g/mol. The number of alkyl halides is 6. The van der Waals surface area contributed by atoms with Crippen molar-refractivity contribution < 1.29 is 45.5 Å². The third-order valence-corrected chi connectivity index (χ3v) is 9.29. The lowest BCUT2D eigenvalue weighted by Crippen LogP contribution is -2.48. The van der Waals surface area contributed by atoms with Gasteiger partial charge in [-0.2, -0.15) is 31.3 Å². The molecular formula is C38H52F6N6O4. The molecule has 0 bridgehead atoms. The number of nitrogens with one attached hydrogen (secondary N) is 2. The van der Waals surface area contributed by atoms with Crippen LogP contribution < -0.4 is 16.4 Å². The third-order valence-electron chi connectivity index (χ3n) is 9.29. The van der Waals surface area contributed by atoms with Crippen molar-refractivity contribution in [3.63, 3.8) is 0 Å². The molecule has 2 aliphatic rings. The molecule has 2 unspecified atom stereocenters. The number of anilines is 1. The van der Waals surface area contributed by atoms with Crippen LogP contribution in [0.5, 0.6) is 0 Å². The second-order valence-corrected chi connectivity index (χ2v) is 13.8. The average molecular weight is 771 g/mol. The molecule has 0 aliphatic carbocycles. The summed E-state index contributed by atoms with van der Waals surface area (Å²) in [7, 11) is 0. The van der Waals surface area contributed by atoms with Gasteiger partial charge in [-0.1, -0.05) is 27.7 Å². The molecule has 2 atom stereocenters. The van der Waals surface area contributed by atoms with E-state index in [-0.39, 0.29) is 35.2 Å². The number of carbonyl (C=O) groups is 3. The first-order valence-electron chi connectivity index (χ1n) is 18.0. The average Bonchev–Trinajstić information content (AvgIpc) is 3.10. The predicted molar refractivity (Wildman–Crippen MR) is 195 cm³/mol. The van der Waals surface area contributed by atoms with Crippen LogP contribution in [0.3, 0.4) is 0 Å². The van der Waals surface area contributed by atoms with Crippen LogP contribution in [-0.2, 0) is 26.7 Å². The highest BCUT2D eigenvalue weighted by atomic mass is 19.4. The number of nitrogens with zero attached hydrogens (tertiary/aromatic N) is 3. The Bertz CT molecular complexity index is 1600. The van der Waals surface area contributed by atoms with E-state index in [1.807, 2.05) is 25.7 Å². The summed E-state index contributed by atoms with van der Waals surface area (Å²) in [6, 6.07) is 6.26. The van der Waals surface area contributed by atoms with Crippen molar-refractivity contribution in [2.45, 2.75) is 105 Å². The molecule has 0 spiro atoms. The first-order valence-corrected chi connectivity index (χ1v) is 18.0. The number of hydrogen-bond donors (Lipinski definition) is 3. The van der Waals surface area contributed by atoms with E-state index in [1.165, 1.54) is 25.1 Å². The van der Waals surface area contributed by atoms with Crippen molar-refractivity contribution >= 4 is 35.3 Å². The highest BCUT2D eigenvalue weighted by Gasteiger charge is 2.32. The molecule has 2 fully saturated rings. The smallest absolute Gasteiger partial charge is 0.342 e. The fourth-order valence-electron chi connectivity index (χ4n) is 5.75. The lowest BCUT2D eigenvalue weighted by molar-refractivity contribution is -0.138. The van der Waals surface area contributed by atoms with Crippen LogP contribution in [0.2, 0.25) is 0 Å². The summed E-state index contributed by atoms with van der Waals surface area (Å²) >= 11 is 0. The van der Waals surface area contributed by atoms with Crippen LogP contribution >= 0.6 is 0 Å². The van der Waals surface area contributed by atoms with Crippen LogP contribution in [0.4, 0.5) is 42.5 Å². The zero-order valence-electron chi connectivity index (χ0n) is 31.7. The first-order chi connectivity index (χ1) is 25.2. The number of aryl methyl sites for hydroxylation is 2. The van der Waals surface area contributed by atoms with E-state index in [9.17, 15) is 45.5 Å². The van der Waals surface area contributed by atoms with E-state index in [4.69, 9.17) is 5.73 Å². The number of likely N-dealkylation sites (tertiary alicyclic amines) is 2. The number of aliphatic imine (C=N–C) groups is 1. The van der Waals surface area contributed by atoms with E-state index in [2.05, 4.69) is 22.5 Å². The second kappa shape index (κ2) is 20.9. The number of nitrogens with two attached hydrogens (primary N) is 1. The van der Waals surface area contributed by atoms with Gasteiger partial charge in [-0.3, -0.25) is 9.59 Å². The third kappa shape index (κ3) is 15.1. The fourth-order valence-corrected chi connectivity index (χ4v) is 5.75. The maximum atomic E-state index is 12.9. The van der Waals surface area contributed by atoms with Crippen molar-refractivity contribution in [2.75, 3.05) is 31.5 Å². The van der Waals surface area contributed by atoms with Crippen LogP contribution in [-0.4, -0.2) is 72.0 Å². The van der Waals surface area contributed by atoms with E-state index in [0.717, 1.165) is 63.0 Å². The SMILES string of the molecule is CCC(C)C(=O)N1CCC(N)CC1.CCC(C)C(=O)N1CCC(NC(=O)Nc2cc(C)cc(C(F)(F)F)c2)CC1.Cc1cc(N=C=O)cc(C(F)(F)F)c1. The number of carbonyl (C=O) groups excluding carboxylic acids is 4. The van der Waals surface area contributed by atoms with E-state index in [1.54, 1.807) is 11.8 Å². The Labute approximate surface area is 312 Å². The Kier molecular flexibility index (Phi) is 17.7. The second-order valence-electron chi connectivity index (χ2n) is 13.8. The van der Waals surface area contributed by atoms with Crippen molar-refractivity contribution in [1.29, 1.82) is 0 Å². The lowest BCUT2D eigenvalue weighted by atomic mass is 10.0. The molecule has 2 saturated heterocycles. The summed E-state index contributed by atoms with van der Waals surface area (Å²) in [6.45, 7) is 13.8. The summed E-state index contributed by atoms with van der Waals surface area (Å²) in [5.74, 6) is 0.588. The molecular weight excluding hydrogens is 718 g/mol. The minimum atomic E-state index is -4.46. The van der Waals surface area contributed by atoms with Gasteiger partial charge >= 0.3 is 18.4 Å². The van der Waals surface area contributed by atoms with Crippen molar-refractivity contribution in [3.05, 3.63) is 58.7 Å². The number of amides is 4. The van der Waals surface area contributed by atoms with Gasteiger partial charge in [-0.15, -0.1) is 0 Å². The molecule has 0 aromatic heterocycles. The van der Waals surface area contributed by atoms with E-state index in [0.29, 0.717) is 49.0 Å². The summed E-state index contributed by atoms with van der Waals surface area (Å²) in [4.78, 5) is 52.8. The molecule has 4 rings (SSSR count). The van der Waals surface area contributed by atoms with Gasteiger partial charge < -0.3 is 26.2 Å². The van der Waals surface area contributed by atoms with Gasteiger partial charge in [-0.05, 0) is 99.9 Å². The van der Waals surface area contributed by atoms with Crippen LogP contribution in [0.1, 0.15) is 88.5 Å². The van der Waals surface area contributed by atoms with Crippen LogP contribution in [0.25, 0.3) is 0 Å². The molecule has 0 saturated carbocycles. The molecule has 16 heteroatoms. The van der Waals surface area contributed by atoms with E-state index < -0.39 is 29.5 Å². The van der Waals surface area contributed by atoms with Gasteiger partial charge in [0.2, 0.25) is 17.9 Å². The molecule has 2 aliphatic heterocycles. The number of piperidine rings is 2. The van der Waals surface area contributed by atoms with E-state index >= 15 is 0 Å². The largest absolute Gasteiger partial charge is 0.416 e. The summed E-state index contributed by atoms with van der Waals surface area (Å²) in [5, 5.41) is 5.25. The Morgan fingerprint density at radius 3 is 1.67 bits per heavy atom. The lowest BCUT2D eigenvalue weighted by Gasteiger charge is -2.33. The Morgan fingerprint density at radius 1 is 0.778 bits per heavy atom. The van der Waals surface area contributed by atoms with Gasteiger partial charge in [0, 0.05) is 55.8 Å². The van der Waals surface area contributed by atoms with Gasteiger partial charge in [-0.25, -0.2) is 9.59 Å². The topological polar surface area (TPSA) is 137 Å². The van der Waals surface area contributed by atoms with Gasteiger partial charge in [0.15, 0.2) is 0 Å². The minimum absolute atomic E-state index is 0.0121. The molecule has 10 nitrogen and oxygen atoms in total. The van der Waals surface area contributed by atoms with Gasteiger partial charge in [0.1, 0.15) is 0 Å². The number of halogens is 6. The molecule has 2 aromatic carbocycles. The number of urea groups is 1. The highest BCUT2D eigenvalue weighted by Crippen LogP contribution is 2.33. The number of rotatable bonds is 7. The fraction of sp³-hybridized carbons (Fsp3) is 0.579. The van der Waals surface area contributed by atoms with Crippen molar-refractivity contribution in [3.8, 4) is 0 Å². The number of hydrogen-bond acceptors (Lipinski definition) is 6. The first kappa shape index (κ1) is 45.7. The maximum absolute atomic E-state index is 12.9. The molecule has 2 aromatic rings. The van der Waals surface area contributed by atoms with Crippen LogP contribution in [0, 0.1) is 25.7 Å². The zero-order chi connectivity index (χ0) is 40.8. The summed E-state index contributed by atoms with van der Waals surface area (Å²) in [6.07, 6.45) is -2.80. The van der Waals surface area contributed by atoms with Crippen molar-refractivity contribution in [2.24, 2.45) is 22.6 Å². The molecule has 2 heterocycles.